The van der Waals surface area contributed by atoms with Crippen molar-refractivity contribution in [2.45, 2.75) is 19.1 Å². The van der Waals surface area contributed by atoms with Crippen molar-refractivity contribution in [3.8, 4) is 11.8 Å². The molecular formula is C24H26FN3O4. The first-order valence-electron chi connectivity index (χ1n) is 10.4. The molecule has 2 aromatic rings. The molecule has 0 saturated carbocycles. The molecule has 1 fully saturated rings. The zero-order chi connectivity index (χ0) is 23.1. The van der Waals surface area contributed by atoms with E-state index in [0.29, 0.717) is 31.7 Å². The van der Waals surface area contributed by atoms with E-state index in [-0.39, 0.29) is 5.82 Å². The van der Waals surface area contributed by atoms with Crippen LogP contribution in [0.25, 0.3) is 0 Å². The number of nitrogens with one attached hydrogen (secondary N) is 1. The van der Waals surface area contributed by atoms with Crippen molar-refractivity contribution in [1.29, 1.82) is 0 Å². The van der Waals surface area contributed by atoms with E-state index in [2.05, 4.69) is 22.1 Å². The Bertz CT molecular complexity index is 1010. The lowest BCUT2D eigenvalue weighted by molar-refractivity contribution is -0.125. The zero-order valence-corrected chi connectivity index (χ0v) is 17.8. The molecule has 2 aromatic carbocycles. The van der Waals surface area contributed by atoms with Gasteiger partial charge in [-0.1, -0.05) is 24.0 Å². The van der Waals surface area contributed by atoms with Gasteiger partial charge in [0.05, 0.1) is 11.7 Å². The molecule has 7 nitrogen and oxygen atoms in total. The van der Waals surface area contributed by atoms with E-state index in [1.165, 1.54) is 13.0 Å². The molecule has 0 unspecified atom stereocenters. The van der Waals surface area contributed by atoms with Gasteiger partial charge in [-0.3, -0.25) is 4.79 Å². The molecule has 8 heteroatoms. The molecule has 3 N–H and O–H groups in total. The minimum atomic E-state index is -1.14. The summed E-state index contributed by atoms with van der Waals surface area (Å²) in [6, 6.07) is 12.4. The van der Waals surface area contributed by atoms with Crippen molar-refractivity contribution in [2.24, 2.45) is 0 Å². The first kappa shape index (κ1) is 23.3. The predicted molar refractivity (Wildman–Crippen MR) is 119 cm³/mol. The first-order chi connectivity index (χ1) is 15.4. The Morgan fingerprint density at radius 3 is 2.31 bits per heavy atom. The fourth-order valence-corrected chi connectivity index (χ4v) is 3.42. The van der Waals surface area contributed by atoms with Crippen LogP contribution in [-0.4, -0.2) is 71.9 Å². The van der Waals surface area contributed by atoms with Crippen molar-refractivity contribution < 1.29 is 24.2 Å². The average molecular weight is 439 g/mol. The first-order valence-corrected chi connectivity index (χ1v) is 10.4. The number of rotatable bonds is 5. The topological polar surface area (TPSA) is 93.1 Å². The normalized spacial score (nSPS) is 15.4. The fraction of sp³-hybridized carbons (Fsp3) is 0.333. The number of urea groups is 1. The van der Waals surface area contributed by atoms with Gasteiger partial charge in [-0.2, -0.15) is 0 Å². The number of piperazine rings is 1. The van der Waals surface area contributed by atoms with E-state index in [4.69, 9.17) is 5.11 Å². The number of aliphatic hydroxyl groups is 2. The lowest BCUT2D eigenvalue weighted by Crippen LogP contribution is -2.57. The third-order valence-corrected chi connectivity index (χ3v) is 5.28. The summed E-state index contributed by atoms with van der Waals surface area (Å²) in [4.78, 5) is 27.8. The Balaban J connectivity index is 1.56. The van der Waals surface area contributed by atoms with Gasteiger partial charge in [-0.15, -0.1) is 0 Å². The maximum Gasteiger partial charge on any atom is 0.318 e. The molecule has 1 aliphatic heterocycles. The summed E-state index contributed by atoms with van der Waals surface area (Å²) >= 11 is 0. The molecule has 0 aromatic heterocycles. The number of nitrogens with zero attached hydrogens (tertiary/aromatic N) is 2. The predicted octanol–water partition coefficient (Wildman–Crippen LogP) is 1.37. The Morgan fingerprint density at radius 2 is 1.72 bits per heavy atom. The second kappa shape index (κ2) is 10.8. The Kier molecular flexibility index (Phi) is 7.82. The van der Waals surface area contributed by atoms with Crippen LogP contribution < -0.4 is 10.2 Å². The molecule has 32 heavy (non-hydrogen) atoms. The molecule has 2 amide bonds. The summed E-state index contributed by atoms with van der Waals surface area (Å²) in [6.07, 6.45) is -1.10. The molecule has 0 bridgehead atoms. The van der Waals surface area contributed by atoms with Gasteiger partial charge in [-0.25, -0.2) is 9.18 Å². The quantitative estimate of drug-likeness (QED) is 0.612. The molecule has 1 heterocycles. The SMILES string of the molecule is C[C@@H](O)[C@H](NC(=O)N1CCN(c2ccc(C#Cc3ccccc3F)cc2)CC1)C(=O)CO. The van der Waals surface area contributed by atoms with E-state index in [0.717, 1.165) is 11.3 Å². The van der Waals surface area contributed by atoms with E-state index in [9.17, 15) is 19.1 Å². The van der Waals surface area contributed by atoms with Gasteiger partial charge in [-0.05, 0) is 43.3 Å². The molecule has 1 saturated heterocycles. The summed E-state index contributed by atoms with van der Waals surface area (Å²) in [5, 5.41) is 21.2. The third-order valence-electron chi connectivity index (χ3n) is 5.28. The van der Waals surface area contributed by atoms with Crippen LogP contribution in [0, 0.1) is 17.7 Å². The van der Waals surface area contributed by atoms with Gasteiger partial charge < -0.3 is 25.3 Å². The van der Waals surface area contributed by atoms with E-state index >= 15 is 0 Å². The second-order valence-corrected chi connectivity index (χ2v) is 7.54. The van der Waals surface area contributed by atoms with Gasteiger partial charge in [0.25, 0.3) is 0 Å². The van der Waals surface area contributed by atoms with Crippen LogP contribution in [0.2, 0.25) is 0 Å². The van der Waals surface area contributed by atoms with Crippen LogP contribution in [0.4, 0.5) is 14.9 Å². The number of benzene rings is 2. The molecule has 1 aliphatic rings. The summed E-state index contributed by atoms with van der Waals surface area (Å²) in [5.41, 5.74) is 2.11. The molecular weight excluding hydrogens is 413 g/mol. The van der Waals surface area contributed by atoms with Crippen molar-refractivity contribution in [3.63, 3.8) is 0 Å². The molecule has 0 radical (unpaired) electrons. The van der Waals surface area contributed by atoms with Crippen molar-refractivity contribution in [3.05, 3.63) is 65.5 Å². The number of hydrogen-bond donors (Lipinski definition) is 3. The van der Waals surface area contributed by atoms with Crippen LogP contribution in [0.3, 0.4) is 0 Å². The number of Topliss-reactive ketones (excluding diaryl/α,β-unsaturated/α-hetero) is 1. The molecule has 168 valence electrons. The van der Waals surface area contributed by atoms with Crippen LogP contribution in [-0.2, 0) is 4.79 Å². The van der Waals surface area contributed by atoms with Crippen molar-refractivity contribution >= 4 is 17.5 Å². The summed E-state index contributed by atoms with van der Waals surface area (Å²) in [7, 11) is 0. The highest BCUT2D eigenvalue weighted by molar-refractivity contribution is 5.89. The minimum absolute atomic E-state index is 0.348. The minimum Gasteiger partial charge on any atom is -0.391 e. The highest BCUT2D eigenvalue weighted by Crippen LogP contribution is 2.17. The molecule has 2 atom stereocenters. The fourth-order valence-electron chi connectivity index (χ4n) is 3.42. The van der Waals surface area contributed by atoms with Crippen molar-refractivity contribution in [2.75, 3.05) is 37.7 Å². The highest BCUT2D eigenvalue weighted by atomic mass is 19.1. The number of anilines is 1. The Morgan fingerprint density at radius 1 is 1.06 bits per heavy atom. The van der Waals surface area contributed by atoms with Crippen LogP contribution in [0.1, 0.15) is 18.1 Å². The maximum absolute atomic E-state index is 13.7. The number of carbonyl (C=O) groups excluding carboxylic acids is 2. The number of halogens is 1. The summed E-state index contributed by atoms with van der Waals surface area (Å²) < 4.78 is 13.7. The van der Waals surface area contributed by atoms with Gasteiger partial charge in [0.15, 0.2) is 5.78 Å². The van der Waals surface area contributed by atoms with Crippen molar-refractivity contribution in [1.82, 2.24) is 10.2 Å². The molecule has 3 rings (SSSR count). The van der Waals surface area contributed by atoms with Gasteiger partial charge in [0.1, 0.15) is 18.5 Å². The average Bonchev–Trinajstić information content (AvgIpc) is 2.81. The van der Waals surface area contributed by atoms with E-state index in [1.54, 1.807) is 23.1 Å². The Labute approximate surface area is 186 Å². The molecule has 0 aliphatic carbocycles. The largest absolute Gasteiger partial charge is 0.391 e. The van der Waals surface area contributed by atoms with E-state index < -0.39 is 30.6 Å². The smallest absolute Gasteiger partial charge is 0.318 e. The number of ketones is 1. The zero-order valence-electron chi connectivity index (χ0n) is 17.8. The highest BCUT2D eigenvalue weighted by Gasteiger charge is 2.28. The summed E-state index contributed by atoms with van der Waals surface area (Å²) in [6.45, 7) is 2.73. The van der Waals surface area contributed by atoms with Gasteiger partial charge in [0.2, 0.25) is 0 Å². The Hall–Kier alpha value is -3.41. The van der Waals surface area contributed by atoms with E-state index in [1.807, 2.05) is 24.3 Å². The lowest BCUT2D eigenvalue weighted by atomic mass is 10.1. The van der Waals surface area contributed by atoms with Gasteiger partial charge >= 0.3 is 6.03 Å². The lowest BCUT2D eigenvalue weighted by Gasteiger charge is -2.36. The maximum atomic E-state index is 13.7. The molecule has 0 spiro atoms. The number of aliphatic hydroxyl groups excluding tert-OH is 2. The van der Waals surface area contributed by atoms with Crippen LogP contribution in [0.15, 0.2) is 48.5 Å². The third kappa shape index (κ3) is 5.84. The van der Waals surface area contributed by atoms with Gasteiger partial charge in [0, 0.05) is 37.4 Å². The monoisotopic (exact) mass is 439 g/mol. The standard InChI is InChI=1S/C24H26FN3O4/c1-17(30)23(22(31)16-29)26-24(32)28-14-12-27(13-15-28)20-10-7-18(8-11-20)6-9-19-4-2-3-5-21(19)25/h2-5,7-8,10-11,17,23,29-30H,12-16H2,1H3,(H,26,32)/t17-,23+/m1/s1. The number of carbonyl (C=O) groups is 2. The second-order valence-electron chi connectivity index (χ2n) is 7.54. The van der Waals surface area contributed by atoms with Crippen LogP contribution >= 0.6 is 0 Å². The number of hydrogen-bond acceptors (Lipinski definition) is 5. The van der Waals surface area contributed by atoms with Crippen LogP contribution in [0.5, 0.6) is 0 Å². The number of amides is 2. The summed E-state index contributed by atoms with van der Waals surface area (Å²) in [5.74, 6) is 4.81.